The molecule has 0 amide bonds. The van der Waals surface area contributed by atoms with E-state index in [-0.39, 0.29) is 0 Å². The highest BCUT2D eigenvalue weighted by molar-refractivity contribution is 4.90. The van der Waals surface area contributed by atoms with Gasteiger partial charge in [0, 0.05) is 12.6 Å². The molecular formula is C12H24N2. The Bertz CT molecular complexity index is 181. The second-order valence-corrected chi connectivity index (χ2v) is 5.11. The van der Waals surface area contributed by atoms with E-state index in [1.807, 2.05) is 0 Å². The lowest BCUT2D eigenvalue weighted by Crippen LogP contribution is -2.55. The Morgan fingerprint density at radius 2 is 2.21 bits per heavy atom. The fourth-order valence-corrected chi connectivity index (χ4v) is 3.03. The third kappa shape index (κ3) is 2.12. The van der Waals surface area contributed by atoms with Crippen molar-refractivity contribution in [3.05, 3.63) is 0 Å². The van der Waals surface area contributed by atoms with Crippen molar-refractivity contribution >= 4 is 0 Å². The molecule has 2 heterocycles. The Kier molecular flexibility index (Phi) is 3.45. The summed E-state index contributed by atoms with van der Waals surface area (Å²) in [7, 11) is 0. The summed E-state index contributed by atoms with van der Waals surface area (Å²) in [4.78, 5) is 2.73. The normalized spacial score (nSPS) is 38.6. The van der Waals surface area contributed by atoms with E-state index in [2.05, 4.69) is 24.1 Å². The molecule has 0 radical (unpaired) electrons. The Morgan fingerprint density at radius 3 is 3.00 bits per heavy atom. The smallest absolute Gasteiger partial charge is 0.0108 e. The SMILES string of the molecule is CCCCN1C[C@@H]2CNC[C@@H](C2)[C@@H]1C. The summed E-state index contributed by atoms with van der Waals surface area (Å²) in [5.41, 5.74) is 0. The van der Waals surface area contributed by atoms with Gasteiger partial charge in [-0.3, -0.25) is 0 Å². The number of rotatable bonds is 3. The zero-order valence-electron chi connectivity index (χ0n) is 9.63. The standard InChI is InChI=1S/C12H24N2/c1-3-4-5-14-9-11-6-12(10(14)2)8-13-7-11/h10-13H,3-9H2,1-2H3/t10-,11-,12+/m0/s1. The van der Waals surface area contributed by atoms with Crippen molar-refractivity contribution in [2.45, 2.75) is 39.2 Å². The van der Waals surface area contributed by atoms with Gasteiger partial charge < -0.3 is 10.2 Å². The maximum Gasteiger partial charge on any atom is 0.0108 e. The topological polar surface area (TPSA) is 15.3 Å². The number of hydrogen-bond acceptors (Lipinski definition) is 2. The van der Waals surface area contributed by atoms with Crippen molar-refractivity contribution in [3.63, 3.8) is 0 Å². The molecule has 0 saturated carbocycles. The monoisotopic (exact) mass is 196 g/mol. The van der Waals surface area contributed by atoms with Gasteiger partial charge in [-0.15, -0.1) is 0 Å². The minimum absolute atomic E-state index is 0.811. The molecule has 1 N–H and O–H groups in total. The quantitative estimate of drug-likeness (QED) is 0.739. The van der Waals surface area contributed by atoms with Gasteiger partial charge >= 0.3 is 0 Å². The third-order valence-electron chi connectivity index (χ3n) is 4.03. The van der Waals surface area contributed by atoms with Gasteiger partial charge in [0.15, 0.2) is 0 Å². The van der Waals surface area contributed by atoms with Crippen LogP contribution in [0.5, 0.6) is 0 Å². The minimum Gasteiger partial charge on any atom is -0.316 e. The lowest BCUT2D eigenvalue weighted by atomic mass is 9.81. The number of nitrogens with zero attached hydrogens (tertiary/aromatic N) is 1. The molecule has 3 atom stereocenters. The molecule has 0 unspecified atom stereocenters. The number of hydrogen-bond donors (Lipinski definition) is 1. The first-order valence-electron chi connectivity index (χ1n) is 6.26. The summed E-state index contributed by atoms with van der Waals surface area (Å²) in [5, 5.41) is 3.57. The van der Waals surface area contributed by atoms with Crippen LogP contribution in [-0.4, -0.2) is 37.1 Å². The van der Waals surface area contributed by atoms with Crippen LogP contribution >= 0.6 is 0 Å². The molecule has 0 aromatic carbocycles. The van der Waals surface area contributed by atoms with E-state index in [9.17, 15) is 0 Å². The van der Waals surface area contributed by atoms with Crippen molar-refractivity contribution < 1.29 is 0 Å². The molecule has 0 aromatic heterocycles. The second-order valence-electron chi connectivity index (χ2n) is 5.11. The second kappa shape index (κ2) is 4.63. The van der Waals surface area contributed by atoms with Crippen molar-refractivity contribution in [2.75, 3.05) is 26.2 Å². The summed E-state index contributed by atoms with van der Waals surface area (Å²) >= 11 is 0. The van der Waals surface area contributed by atoms with E-state index in [0.29, 0.717) is 0 Å². The molecule has 14 heavy (non-hydrogen) atoms. The Morgan fingerprint density at radius 1 is 1.36 bits per heavy atom. The van der Waals surface area contributed by atoms with Crippen molar-refractivity contribution in [1.29, 1.82) is 0 Å². The Labute approximate surface area is 88.1 Å². The van der Waals surface area contributed by atoms with Crippen LogP contribution < -0.4 is 5.32 Å². The lowest BCUT2D eigenvalue weighted by molar-refractivity contribution is 0.0431. The maximum atomic E-state index is 3.57. The van der Waals surface area contributed by atoms with Crippen LogP contribution in [0.4, 0.5) is 0 Å². The van der Waals surface area contributed by atoms with Gasteiger partial charge in [0.1, 0.15) is 0 Å². The molecule has 0 aromatic rings. The van der Waals surface area contributed by atoms with Crippen molar-refractivity contribution in [2.24, 2.45) is 11.8 Å². The van der Waals surface area contributed by atoms with E-state index < -0.39 is 0 Å². The van der Waals surface area contributed by atoms with Crippen LogP contribution in [0, 0.1) is 11.8 Å². The van der Waals surface area contributed by atoms with Crippen LogP contribution in [0.1, 0.15) is 33.1 Å². The number of unbranched alkanes of at least 4 members (excludes halogenated alkanes) is 1. The van der Waals surface area contributed by atoms with Crippen molar-refractivity contribution in [3.8, 4) is 0 Å². The fourth-order valence-electron chi connectivity index (χ4n) is 3.03. The summed E-state index contributed by atoms with van der Waals surface area (Å²) in [6.07, 6.45) is 4.17. The maximum absolute atomic E-state index is 3.57. The zero-order valence-corrected chi connectivity index (χ0v) is 9.63. The van der Waals surface area contributed by atoms with E-state index in [1.54, 1.807) is 0 Å². The molecule has 0 aliphatic carbocycles. The fraction of sp³-hybridized carbons (Fsp3) is 1.00. The van der Waals surface area contributed by atoms with Crippen molar-refractivity contribution in [1.82, 2.24) is 10.2 Å². The number of likely N-dealkylation sites (tertiary alicyclic amines) is 1. The summed E-state index contributed by atoms with van der Waals surface area (Å²) in [6.45, 7) is 9.88. The van der Waals surface area contributed by atoms with Gasteiger partial charge in [-0.2, -0.15) is 0 Å². The average molecular weight is 196 g/mol. The van der Waals surface area contributed by atoms with Crippen LogP contribution in [-0.2, 0) is 0 Å². The predicted octanol–water partition coefficient (Wildman–Crippen LogP) is 1.72. The highest BCUT2D eigenvalue weighted by Crippen LogP contribution is 2.29. The number of fused-ring (bicyclic) bond motifs is 2. The summed E-state index contributed by atoms with van der Waals surface area (Å²) in [6, 6.07) is 0.811. The number of nitrogens with one attached hydrogen (secondary N) is 1. The van der Waals surface area contributed by atoms with E-state index in [4.69, 9.17) is 0 Å². The van der Waals surface area contributed by atoms with Crippen LogP contribution in [0.15, 0.2) is 0 Å². The number of piperidine rings is 2. The summed E-state index contributed by atoms with van der Waals surface area (Å²) in [5.74, 6) is 1.85. The first-order chi connectivity index (χ1) is 6.81. The van der Waals surface area contributed by atoms with E-state index in [1.165, 1.54) is 45.4 Å². The minimum atomic E-state index is 0.811. The largest absolute Gasteiger partial charge is 0.316 e. The predicted molar refractivity (Wildman–Crippen MR) is 60.4 cm³/mol. The molecule has 2 aliphatic rings. The van der Waals surface area contributed by atoms with Crippen LogP contribution in [0.2, 0.25) is 0 Å². The molecule has 2 bridgehead atoms. The molecule has 2 rings (SSSR count). The Hall–Kier alpha value is -0.0800. The molecule has 2 fully saturated rings. The van der Waals surface area contributed by atoms with Gasteiger partial charge in [0.25, 0.3) is 0 Å². The lowest BCUT2D eigenvalue weighted by Gasteiger charge is -2.46. The van der Waals surface area contributed by atoms with E-state index >= 15 is 0 Å². The van der Waals surface area contributed by atoms with Crippen LogP contribution in [0.25, 0.3) is 0 Å². The van der Waals surface area contributed by atoms with E-state index in [0.717, 1.165) is 17.9 Å². The Balaban J connectivity index is 1.90. The first-order valence-corrected chi connectivity index (χ1v) is 6.26. The third-order valence-corrected chi connectivity index (χ3v) is 4.03. The van der Waals surface area contributed by atoms with Gasteiger partial charge in [-0.05, 0) is 51.2 Å². The van der Waals surface area contributed by atoms with Crippen LogP contribution in [0.3, 0.4) is 0 Å². The molecule has 2 saturated heterocycles. The highest BCUT2D eigenvalue weighted by Gasteiger charge is 2.35. The molecule has 2 aliphatic heterocycles. The van der Waals surface area contributed by atoms with Gasteiger partial charge in [-0.1, -0.05) is 13.3 Å². The molecule has 82 valence electrons. The summed E-state index contributed by atoms with van der Waals surface area (Å²) < 4.78 is 0. The molecular weight excluding hydrogens is 172 g/mol. The molecule has 0 spiro atoms. The highest BCUT2D eigenvalue weighted by atomic mass is 15.2. The van der Waals surface area contributed by atoms with Gasteiger partial charge in [0.05, 0.1) is 0 Å². The molecule has 2 nitrogen and oxygen atoms in total. The van der Waals surface area contributed by atoms with Gasteiger partial charge in [-0.25, -0.2) is 0 Å². The zero-order chi connectivity index (χ0) is 9.97. The first kappa shape index (κ1) is 10.4. The average Bonchev–Trinajstić information content (AvgIpc) is 2.22. The van der Waals surface area contributed by atoms with Gasteiger partial charge in [0.2, 0.25) is 0 Å². The molecule has 2 heteroatoms.